The molecule has 0 saturated carbocycles. The number of methoxy groups -OCH3 is 1. The molecule has 1 fully saturated rings. The van der Waals surface area contributed by atoms with Crippen LogP contribution in [0.2, 0.25) is 0 Å². The van der Waals surface area contributed by atoms with E-state index in [4.69, 9.17) is 4.74 Å². The molecule has 2 rings (SSSR count). The molecule has 1 aromatic carbocycles. The topological polar surface area (TPSA) is 79.0 Å². The normalized spacial score (nSPS) is 14.8. The van der Waals surface area contributed by atoms with Crippen LogP contribution in [0.5, 0.6) is 5.75 Å². The number of benzene rings is 1. The smallest absolute Gasteiger partial charge is 0.239 e. The van der Waals surface area contributed by atoms with E-state index in [9.17, 15) is 14.4 Å². The van der Waals surface area contributed by atoms with Gasteiger partial charge in [0.15, 0.2) is 0 Å². The molecule has 3 amide bonds. The molecule has 142 valence electrons. The quantitative estimate of drug-likeness (QED) is 0.827. The SMILES string of the molecule is COc1ccc(C)cc1NC(=O)C(C)(C)C(=O)N1CCN(C(C)=O)CC1. The van der Waals surface area contributed by atoms with Gasteiger partial charge < -0.3 is 19.9 Å². The molecule has 0 unspecified atom stereocenters. The summed E-state index contributed by atoms with van der Waals surface area (Å²) in [5, 5.41) is 2.81. The number of amides is 3. The zero-order chi connectivity index (χ0) is 19.5. The summed E-state index contributed by atoms with van der Waals surface area (Å²) in [4.78, 5) is 40.4. The molecule has 7 heteroatoms. The van der Waals surface area contributed by atoms with E-state index in [0.717, 1.165) is 5.56 Å². The van der Waals surface area contributed by atoms with E-state index in [0.29, 0.717) is 37.6 Å². The molecule has 0 radical (unpaired) electrons. The Kier molecular flexibility index (Phi) is 5.90. The summed E-state index contributed by atoms with van der Waals surface area (Å²) in [5.74, 6) is -0.0897. The van der Waals surface area contributed by atoms with Crippen LogP contribution in [0.15, 0.2) is 18.2 Å². The van der Waals surface area contributed by atoms with E-state index < -0.39 is 5.41 Å². The van der Waals surface area contributed by atoms with Gasteiger partial charge in [-0.3, -0.25) is 14.4 Å². The van der Waals surface area contributed by atoms with Crippen LogP contribution >= 0.6 is 0 Å². The van der Waals surface area contributed by atoms with Crippen LogP contribution in [0.1, 0.15) is 26.3 Å². The minimum Gasteiger partial charge on any atom is -0.495 e. The van der Waals surface area contributed by atoms with E-state index in [2.05, 4.69) is 5.32 Å². The molecular weight excluding hydrogens is 334 g/mol. The lowest BCUT2D eigenvalue weighted by Crippen LogP contribution is -2.55. The average molecular weight is 361 g/mol. The first-order chi connectivity index (χ1) is 12.2. The van der Waals surface area contributed by atoms with Crippen molar-refractivity contribution in [1.29, 1.82) is 0 Å². The first kappa shape index (κ1) is 19.8. The molecule has 0 aromatic heterocycles. The van der Waals surface area contributed by atoms with Crippen molar-refractivity contribution in [3.05, 3.63) is 23.8 Å². The summed E-state index contributed by atoms with van der Waals surface area (Å²) in [5.41, 5.74) is 0.290. The molecule has 1 N–H and O–H groups in total. The molecule has 7 nitrogen and oxygen atoms in total. The lowest BCUT2D eigenvalue weighted by atomic mass is 9.89. The molecule has 0 bridgehead atoms. The number of hydrogen-bond donors (Lipinski definition) is 1. The van der Waals surface area contributed by atoms with Crippen molar-refractivity contribution in [1.82, 2.24) is 9.80 Å². The first-order valence-corrected chi connectivity index (χ1v) is 8.67. The Morgan fingerprint density at radius 1 is 1.08 bits per heavy atom. The Morgan fingerprint density at radius 2 is 1.65 bits per heavy atom. The lowest BCUT2D eigenvalue weighted by molar-refractivity contribution is -0.149. The number of piperazine rings is 1. The Hall–Kier alpha value is -2.57. The van der Waals surface area contributed by atoms with Crippen LogP contribution in [0.4, 0.5) is 5.69 Å². The number of nitrogens with zero attached hydrogens (tertiary/aromatic N) is 2. The molecule has 0 spiro atoms. The number of ether oxygens (including phenoxy) is 1. The van der Waals surface area contributed by atoms with E-state index in [1.165, 1.54) is 14.0 Å². The van der Waals surface area contributed by atoms with Gasteiger partial charge in [0.05, 0.1) is 12.8 Å². The van der Waals surface area contributed by atoms with Gasteiger partial charge >= 0.3 is 0 Å². The van der Waals surface area contributed by atoms with E-state index in [1.54, 1.807) is 29.7 Å². The predicted octanol–water partition coefficient (Wildman–Crippen LogP) is 1.66. The van der Waals surface area contributed by atoms with Crippen LogP contribution in [0, 0.1) is 12.3 Å². The van der Waals surface area contributed by atoms with E-state index >= 15 is 0 Å². The van der Waals surface area contributed by atoms with Crippen LogP contribution in [0.3, 0.4) is 0 Å². The van der Waals surface area contributed by atoms with Crippen molar-refractivity contribution >= 4 is 23.4 Å². The fourth-order valence-corrected chi connectivity index (χ4v) is 2.91. The van der Waals surface area contributed by atoms with Gasteiger partial charge in [0, 0.05) is 33.1 Å². The second-order valence-corrected chi connectivity index (χ2v) is 7.08. The molecule has 1 saturated heterocycles. The Labute approximate surface area is 154 Å². The first-order valence-electron chi connectivity index (χ1n) is 8.67. The second-order valence-electron chi connectivity index (χ2n) is 7.08. The summed E-state index contributed by atoms with van der Waals surface area (Å²) in [6, 6.07) is 5.48. The highest BCUT2D eigenvalue weighted by Crippen LogP contribution is 2.28. The largest absolute Gasteiger partial charge is 0.495 e. The highest BCUT2D eigenvalue weighted by molar-refractivity contribution is 6.10. The summed E-state index contributed by atoms with van der Waals surface area (Å²) in [7, 11) is 1.53. The van der Waals surface area contributed by atoms with Crippen LogP contribution < -0.4 is 10.1 Å². The number of carbonyl (C=O) groups is 3. The maximum absolute atomic E-state index is 12.9. The Balaban J connectivity index is 2.09. The van der Waals surface area contributed by atoms with Crippen LogP contribution in [0.25, 0.3) is 0 Å². The zero-order valence-corrected chi connectivity index (χ0v) is 16.1. The van der Waals surface area contributed by atoms with Gasteiger partial charge in [-0.1, -0.05) is 6.07 Å². The van der Waals surface area contributed by atoms with Crippen molar-refractivity contribution in [2.24, 2.45) is 5.41 Å². The fraction of sp³-hybridized carbons (Fsp3) is 0.526. The molecular formula is C19H27N3O4. The number of hydrogen-bond acceptors (Lipinski definition) is 4. The third-order valence-electron chi connectivity index (χ3n) is 4.72. The van der Waals surface area contributed by atoms with E-state index in [-0.39, 0.29) is 17.7 Å². The zero-order valence-electron chi connectivity index (χ0n) is 16.1. The van der Waals surface area contributed by atoms with Crippen LogP contribution in [-0.4, -0.2) is 60.8 Å². The minimum atomic E-state index is -1.23. The van der Waals surface area contributed by atoms with Crippen molar-refractivity contribution in [2.75, 3.05) is 38.6 Å². The highest BCUT2D eigenvalue weighted by atomic mass is 16.5. The predicted molar refractivity (Wildman–Crippen MR) is 99.0 cm³/mol. The van der Waals surface area contributed by atoms with Crippen molar-refractivity contribution in [3.8, 4) is 5.75 Å². The van der Waals surface area contributed by atoms with Crippen molar-refractivity contribution in [2.45, 2.75) is 27.7 Å². The molecule has 26 heavy (non-hydrogen) atoms. The van der Waals surface area contributed by atoms with Gasteiger partial charge in [0.2, 0.25) is 17.7 Å². The Morgan fingerprint density at radius 3 is 2.19 bits per heavy atom. The van der Waals surface area contributed by atoms with Gasteiger partial charge in [-0.15, -0.1) is 0 Å². The molecule has 1 heterocycles. The summed E-state index contributed by atoms with van der Waals surface area (Å²) in [6.07, 6.45) is 0. The summed E-state index contributed by atoms with van der Waals surface area (Å²) >= 11 is 0. The molecule has 0 atom stereocenters. The van der Waals surface area contributed by atoms with Crippen molar-refractivity contribution in [3.63, 3.8) is 0 Å². The Bertz CT molecular complexity index is 707. The third-order valence-corrected chi connectivity index (χ3v) is 4.72. The molecule has 1 aliphatic heterocycles. The monoisotopic (exact) mass is 361 g/mol. The fourth-order valence-electron chi connectivity index (χ4n) is 2.91. The molecule has 0 aliphatic carbocycles. The minimum absolute atomic E-state index is 0.000597. The second kappa shape index (κ2) is 7.76. The maximum atomic E-state index is 12.9. The van der Waals surface area contributed by atoms with Gasteiger partial charge in [-0.25, -0.2) is 0 Å². The summed E-state index contributed by atoms with van der Waals surface area (Å²) in [6.45, 7) is 8.51. The van der Waals surface area contributed by atoms with Crippen molar-refractivity contribution < 1.29 is 19.1 Å². The summed E-state index contributed by atoms with van der Waals surface area (Å²) < 4.78 is 5.28. The molecule has 1 aliphatic rings. The highest BCUT2D eigenvalue weighted by Gasteiger charge is 2.40. The number of nitrogens with one attached hydrogen (secondary N) is 1. The molecule has 1 aromatic rings. The lowest BCUT2D eigenvalue weighted by Gasteiger charge is -2.37. The van der Waals surface area contributed by atoms with Gasteiger partial charge in [0.25, 0.3) is 0 Å². The van der Waals surface area contributed by atoms with Gasteiger partial charge in [0.1, 0.15) is 11.2 Å². The van der Waals surface area contributed by atoms with Crippen LogP contribution in [-0.2, 0) is 14.4 Å². The number of carbonyl (C=O) groups excluding carboxylic acids is 3. The number of aryl methyl sites for hydroxylation is 1. The van der Waals surface area contributed by atoms with Gasteiger partial charge in [-0.05, 0) is 38.5 Å². The number of anilines is 1. The average Bonchev–Trinajstić information content (AvgIpc) is 2.61. The van der Waals surface area contributed by atoms with E-state index in [1.807, 2.05) is 19.1 Å². The number of rotatable bonds is 4. The third kappa shape index (κ3) is 4.15. The maximum Gasteiger partial charge on any atom is 0.239 e. The van der Waals surface area contributed by atoms with Gasteiger partial charge in [-0.2, -0.15) is 0 Å². The standard InChI is InChI=1S/C19H27N3O4/c1-13-6-7-16(26-5)15(12-13)20-17(24)19(3,4)18(25)22-10-8-21(9-11-22)14(2)23/h6-7,12H,8-11H2,1-5H3,(H,20,24).